The predicted molar refractivity (Wildman–Crippen MR) is 77.7 cm³/mol. The molecule has 0 unspecified atom stereocenters. The van der Waals surface area contributed by atoms with Crippen LogP contribution >= 0.6 is 0 Å². The molecule has 0 saturated carbocycles. The second kappa shape index (κ2) is 6.11. The average Bonchev–Trinajstić information content (AvgIpc) is 2.40. The molecule has 1 aliphatic heterocycles. The van der Waals surface area contributed by atoms with E-state index in [2.05, 4.69) is 4.90 Å². The monoisotopic (exact) mass is 293 g/mol. The minimum absolute atomic E-state index is 0.000489. The van der Waals surface area contributed by atoms with E-state index in [9.17, 15) is 14.7 Å². The number of carboxylic acid groups (broad SMARTS) is 1. The minimum Gasteiger partial charge on any atom is -0.507 e. The van der Waals surface area contributed by atoms with Gasteiger partial charge in [0.25, 0.3) is 0 Å². The Morgan fingerprint density at radius 2 is 1.81 bits per heavy atom. The molecular formula is C14H19N3O4. The van der Waals surface area contributed by atoms with Crippen LogP contribution in [0.15, 0.2) is 12.1 Å². The second-order valence-corrected chi connectivity index (χ2v) is 5.26. The first-order valence-electron chi connectivity index (χ1n) is 6.68. The number of ketones is 1. The topological polar surface area (TPSA) is 107 Å². The normalized spacial score (nSPS) is 16.8. The van der Waals surface area contributed by atoms with Crippen LogP contribution in [0.5, 0.6) is 5.75 Å². The van der Waals surface area contributed by atoms with Crippen LogP contribution in [-0.2, 0) is 0 Å². The van der Waals surface area contributed by atoms with Crippen molar-refractivity contribution in [1.29, 1.82) is 0 Å². The summed E-state index contributed by atoms with van der Waals surface area (Å²) in [6.07, 6.45) is 0. The van der Waals surface area contributed by atoms with E-state index in [0.717, 1.165) is 38.3 Å². The number of aromatic carboxylic acids is 1. The molecule has 0 atom stereocenters. The second-order valence-electron chi connectivity index (χ2n) is 5.26. The van der Waals surface area contributed by atoms with Crippen LogP contribution in [0.3, 0.4) is 0 Å². The summed E-state index contributed by atoms with van der Waals surface area (Å²) in [7, 11) is 2.02. The number of phenolic OH excluding ortho intramolecular Hbond substituents is 1. The number of benzene rings is 1. The largest absolute Gasteiger partial charge is 0.507 e. The summed E-state index contributed by atoms with van der Waals surface area (Å²) in [5, 5.41) is 18.8. The lowest BCUT2D eigenvalue weighted by Crippen LogP contribution is -2.46. The number of Topliss-reactive ketones (excluding diaryl/α,β-unsaturated/α-hetero) is 1. The van der Waals surface area contributed by atoms with Gasteiger partial charge >= 0.3 is 5.97 Å². The van der Waals surface area contributed by atoms with Crippen molar-refractivity contribution in [1.82, 2.24) is 9.80 Å². The smallest absolute Gasteiger partial charge is 0.337 e. The van der Waals surface area contributed by atoms with Gasteiger partial charge in [0, 0.05) is 37.9 Å². The maximum atomic E-state index is 12.3. The highest BCUT2D eigenvalue weighted by Crippen LogP contribution is 2.25. The van der Waals surface area contributed by atoms with Crippen molar-refractivity contribution >= 4 is 17.4 Å². The number of likely N-dealkylation sites (N-methyl/N-ethyl adjacent to an activating group) is 1. The van der Waals surface area contributed by atoms with Crippen molar-refractivity contribution in [2.24, 2.45) is 0 Å². The third-order valence-electron chi connectivity index (χ3n) is 3.66. The summed E-state index contributed by atoms with van der Waals surface area (Å²) in [5.41, 5.74) is 5.29. The molecular weight excluding hydrogens is 274 g/mol. The van der Waals surface area contributed by atoms with Crippen LogP contribution in [0.25, 0.3) is 0 Å². The van der Waals surface area contributed by atoms with Crippen LogP contribution in [0.4, 0.5) is 5.69 Å². The van der Waals surface area contributed by atoms with Crippen molar-refractivity contribution in [2.45, 2.75) is 0 Å². The first kappa shape index (κ1) is 15.3. The SMILES string of the molecule is CN1CCN(CC(=O)c2cc(C(=O)O)c(N)cc2O)CC1. The molecule has 1 aromatic rings. The fourth-order valence-electron chi connectivity index (χ4n) is 2.31. The van der Waals surface area contributed by atoms with Gasteiger partial charge < -0.3 is 20.8 Å². The maximum Gasteiger partial charge on any atom is 0.337 e. The lowest BCUT2D eigenvalue weighted by atomic mass is 10.0. The number of nitrogens with two attached hydrogens (primary N) is 1. The number of anilines is 1. The summed E-state index contributed by atoms with van der Waals surface area (Å²) in [6, 6.07) is 2.26. The average molecular weight is 293 g/mol. The Morgan fingerprint density at radius 3 is 2.38 bits per heavy atom. The molecule has 2 rings (SSSR count). The Morgan fingerprint density at radius 1 is 1.19 bits per heavy atom. The molecule has 0 aromatic heterocycles. The van der Waals surface area contributed by atoms with Gasteiger partial charge in [0.1, 0.15) is 5.75 Å². The summed E-state index contributed by atoms with van der Waals surface area (Å²) < 4.78 is 0. The fraction of sp³-hybridized carbons (Fsp3) is 0.429. The molecule has 4 N–H and O–H groups in total. The number of rotatable bonds is 4. The van der Waals surface area contributed by atoms with E-state index in [0.29, 0.717) is 0 Å². The molecule has 0 radical (unpaired) electrons. The first-order valence-corrected chi connectivity index (χ1v) is 6.68. The van der Waals surface area contributed by atoms with E-state index in [-0.39, 0.29) is 34.9 Å². The van der Waals surface area contributed by atoms with Crippen LogP contribution in [-0.4, -0.2) is 71.5 Å². The molecule has 7 heteroatoms. The number of carbonyl (C=O) groups excluding carboxylic acids is 1. The van der Waals surface area contributed by atoms with E-state index in [1.807, 2.05) is 11.9 Å². The number of hydrogen-bond acceptors (Lipinski definition) is 6. The Labute approximate surface area is 122 Å². The Bertz CT molecular complexity index is 566. The number of nitrogen functional groups attached to an aromatic ring is 1. The number of phenols is 1. The molecule has 7 nitrogen and oxygen atoms in total. The summed E-state index contributed by atoms with van der Waals surface area (Å²) in [4.78, 5) is 27.5. The highest BCUT2D eigenvalue weighted by molar-refractivity contribution is 6.04. The van der Waals surface area contributed by atoms with Gasteiger partial charge in [0.05, 0.1) is 17.7 Å². The number of piperazine rings is 1. The van der Waals surface area contributed by atoms with Crippen molar-refractivity contribution in [2.75, 3.05) is 45.5 Å². The summed E-state index contributed by atoms with van der Waals surface area (Å²) >= 11 is 0. The van der Waals surface area contributed by atoms with Crippen LogP contribution in [0, 0.1) is 0 Å². The van der Waals surface area contributed by atoms with Crippen LogP contribution < -0.4 is 5.73 Å². The zero-order valence-electron chi connectivity index (χ0n) is 11.9. The molecule has 114 valence electrons. The molecule has 0 bridgehead atoms. The summed E-state index contributed by atoms with van der Waals surface area (Å²) in [5.74, 6) is -1.81. The summed E-state index contributed by atoms with van der Waals surface area (Å²) in [6.45, 7) is 3.45. The zero-order valence-corrected chi connectivity index (χ0v) is 11.9. The number of carbonyl (C=O) groups is 2. The predicted octanol–water partition coefficient (Wildman–Crippen LogP) is 0.103. The first-order chi connectivity index (χ1) is 9.88. The van der Waals surface area contributed by atoms with Gasteiger partial charge in [-0.1, -0.05) is 0 Å². The van der Waals surface area contributed by atoms with E-state index < -0.39 is 5.97 Å². The van der Waals surface area contributed by atoms with Crippen LogP contribution in [0.1, 0.15) is 20.7 Å². The van der Waals surface area contributed by atoms with Gasteiger partial charge in [-0.3, -0.25) is 9.69 Å². The van der Waals surface area contributed by atoms with Gasteiger partial charge in [-0.15, -0.1) is 0 Å². The molecule has 1 aliphatic rings. The minimum atomic E-state index is -1.22. The standard InChI is InChI=1S/C14H19N3O4/c1-16-2-4-17(5-3-16)8-13(19)10-6-9(14(20)21)11(15)7-12(10)18/h6-7,18H,2-5,8,15H2,1H3,(H,20,21). The van der Waals surface area contributed by atoms with Gasteiger partial charge in [-0.25, -0.2) is 4.79 Å². The van der Waals surface area contributed by atoms with Gasteiger partial charge in [0.15, 0.2) is 5.78 Å². The van der Waals surface area contributed by atoms with Gasteiger partial charge in [0.2, 0.25) is 0 Å². The molecule has 0 aliphatic carbocycles. The highest BCUT2D eigenvalue weighted by atomic mass is 16.4. The fourth-order valence-corrected chi connectivity index (χ4v) is 2.31. The van der Waals surface area contributed by atoms with E-state index >= 15 is 0 Å². The number of aromatic hydroxyl groups is 1. The van der Waals surface area contributed by atoms with Crippen molar-refractivity contribution in [3.8, 4) is 5.75 Å². The number of carboxylic acids is 1. The van der Waals surface area contributed by atoms with Crippen LogP contribution in [0.2, 0.25) is 0 Å². The van der Waals surface area contributed by atoms with E-state index in [4.69, 9.17) is 10.8 Å². The van der Waals surface area contributed by atoms with E-state index in [1.54, 1.807) is 0 Å². The lowest BCUT2D eigenvalue weighted by Gasteiger charge is -2.31. The Balaban J connectivity index is 2.15. The molecule has 0 spiro atoms. The Hall–Kier alpha value is -2.12. The third-order valence-corrected chi connectivity index (χ3v) is 3.66. The number of nitrogens with zero attached hydrogens (tertiary/aromatic N) is 2. The molecule has 1 saturated heterocycles. The lowest BCUT2D eigenvalue weighted by molar-refractivity contribution is 0.0698. The molecule has 1 fully saturated rings. The zero-order chi connectivity index (χ0) is 15.6. The molecule has 1 aromatic carbocycles. The Kier molecular flexibility index (Phi) is 4.44. The van der Waals surface area contributed by atoms with E-state index in [1.165, 1.54) is 0 Å². The van der Waals surface area contributed by atoms with Crippen molar-refractivity contribution in [3.05, 3.63) is 23.3 Å². The third kappa shape index (κ3) is 3.50. The highest BCUT2D eigenvalue weighted by Gasteiger charge is 2.21. The quantitative estimate of drug-likeness (QED) is 0.534. The number of hydrogen-bond donors (Lipinski definition) is 3. The molecule has 21 heavy (non-hydrogen) atoms. The van der Waals surface area contributed by atoms with Gasteiger partial charge in [-0.05, 0) is 13.1 Å². The van der Waals surface area contributed by atoms with Gasteiger partial charge in [-0.2, -0.15) is 0 Å². The molecule has 1 heterocycles. The van der Waals surface area contributed by atoms with Crippen molar-refractivity contribution in [3.63, 3.8) is 0 Å². The van der Waals surface area contributed by atoms with Crippen molar-refractivity contribution < 1.29 is 19.8 Å². The maximum absolute atomic E-state index is 12.3. The molecule has 0 amide bonds.